The van der Waals surface area contributed by atoms with Gasteiger partial charge in [-0.25, -0.2) is 0 Å². The molecule has 3 rings (SSSR count). The summed E-state index contributed by atoms with van der Waals surface area (Å²) in [5.74, 6) is 1.75. The zero-order valence-corrected chi connectivity index (χ0v) is 21.6. The molecule has 2 aromatic carbocycles. The predicted octanol–water partition coefficient (Wildman–Crippen LogP) is 7.90. The van der Waals surface area contributed by atoms with Crippen LogP contribution in [0.3, 0.4) is 0 Å². The van der Waals surface area contributed by atoms with Crippen molar-refractivity contribution in [3.8, 4) is 0 Å². The standard InChI is InChI=1S/C32H45NO/c1-4-6-7-9-26-17-21-30(22-18-26)31-23-19-29(20-24-31)16-15-28-13-11-27(12-14-28)10-8-25-33(3)32(34)5-2/h5,11-14,19-20,23-24,26,30H,2,4,6-10,15-18,21-22,25H2,1,3H3. The van der Waals surface area contributed by atoms with Gasteiger partial charge in [-0.1, -0.05) is 87.7 Å². The van der Waals surface area contributed by atoms with Crippen molar-refractivity contribution in [1.29, 1.82) is 0 Å². The fraction of sp³-hybridized carbons (Fsp3) is 0.531. The molecule has 1 aliphatic carbocycles. The van der Waals surface area contributed by atoms with Gasteiger partial charge in [-0.15, -0.1) is 0 Å². The summed E-state index contributed by atoms with van der Waals surface area (Å²) >= 11 is 0. The number of hydrogen-bond donors (Lipinski definition) is 0. The highest BCUT2D eigenvalue weighted by molar-refractivity contribution is 5.86. The molecule has 34 heavy (non-hydrogen) atoms. The fourth-order valence-corrected chi connectivity index (χ4v) is 5.37. The third-order valence-electron chi connectivity index (χ3n) is 7.75. The molecule has 1 saturated carbocycles. The van der Waals surface area contributed by atoms with Gasteiger partial charge < -0.3 is 4.90 Å². The SMILES string of the molecule is C=CC(=O)N(C)CCCc1ccc(CCc2ccc(C3CCC(CCCCC)CC3)cc2)cc1. The Hall–Kier alpha value is -2.35. The second-order valence-corrected chi connectivity index (χ2v) is 10.3. The molecule has 0 spiro atoms. The van der Waals surface area contributed by atoms with E-state index in [0.29, 0.717) is 0 Å². The minimum Gasteiger partial charge on any atom is -0.342 e. The summed E-state index contributed by atoms with van der Waals surface area (Å²) in [6, 6.07) is 18.5. The van der Waals surface area contributed by atoms with E-state index in [4.69, 9.17) is 0 Å². The Morgan fingerprint density at radius 1 is 0.853 bits per heavy atom. The molecule has 0 unspecified atom stereocenters. The monoisotopic (exact) mass is 459 g/mol. The molecular weight excluding hydrogens is 414 g/mol. The number of rotatable bonds is 13. The van der Waals surface area contributed by atoms with Gasteiger partial charge >= 0.3 is 0 Å². The van der Waals surface area contributed by atoms with Crippen LogP contribution in [0.5, 0.6) is 0 Å². The zero-order valence-electron chi connectivity index (χ0n) is 21.6. The van der Waals surface area contributed by atoms with Crippen molar-refractivity contribution in [3.63, 3.8) is 0 Å². The summed E-state index contributed by atoms with van der Waals surface area (Å²) in [5.41, 5.74) is 5.73. The summed E-state index contributed by atoms with van der Waals surface area (Å²) in [4.78, 5) is 13.3. The zero-order chi connectivity index (χ0) is 24.2. The summed E-state index contributed by atoms with van der Waals surface area (Å²) in [7, 11) is 1.83. The Morgan fingerprint density at radius 3 is 1.97 bits per heavy atom. The van der Waals surface area contributed by atoms with E-state index >= 15 is 0 Å². The molecular formula is C32H45NO. The van der Waals surface area contributed by atoms with E-state index in [0.717, 1.165) is 44.1 Å². The molecule has 0 heterocycles. The van der Waals surface area contributed by atoms with Gasteiger partial charge in [0.05, 0.1) is 0 Å². The molecule has 0 saturated heterocycles. The molecule has 0 atom stereocenters. The number of hydrogen-bond acceptors (Lipinski definition) is 1. The second-order valence-electron chi connectivity index (χ2n) is 10.3. The van der Waals surface area contributed by atoms with Crippen molar-refractivity contribution >= 4 is 5.91 Å². The van der Waals surface area contributed by atoms with Crippen LogP contribution in [-0.4, -0.2) is 24.4 Å². The third-order valence-corrected chi connectivity index (χ3v) is 7.75. The Bertz CT molecular complexity index is 859. The molecule has 0 radical (unpaired) electrons. The van der Waals surface area contributed by atoms with Crippen LogP contribution in [0, 0.1) is 5.92 Å². The summed E-state index contributed by atoms with van der Waals surface area (Å²) in [5, 5.41) is 0. The number of aryl methyl sites for hydroxylation is 3. The van der Waals surface area contributed by atoms with Gasteiger partial charge in [0.1, 0.15) is 0 Å². The van der Waals surface area contributed by atoms with Crippen molar-refractivity contribution in [2.45, 2.75) is 89.9 Å². The van der Waals surface area contributed by atoms with Gasteiger partial charge in [-0.05, 0) is 91.5 Å². The number of likely N-dealkylation sites (N-methyl/N-ethyl adjacent to an activating group) is 1. The van der Waals surface area contributed by atoms with E-state index in [9.17, 15) is 4.79 Å². The van der Waals surface area contributed by atoms with Crippen molar-refractivity contribution in [2.24, 2.45) is 5.92 Å². The number of benzene rings is 2. The highest BCUT2D eigenvalue weighted by Crippen LogP contribution is 2.37. The molecule has 2 nitrogen and oxygen atoms in total. The van der Waals surface area contributed by atoms with E-state index in [2.05, 4.69) is 62.0 Å². The van der Waals surface area contributed by atoms with Gasteiger partial charge in [-0.3, -0.25) is 4.79 Å². The van der Waals surface area contributed by atoms with Gasteiger partial charge in [0.15, 0.2) is 0 Å². The van der Waals surface area contributed by atoms with Crippen molar-refractivity contribution in [2.75, 3.05) is 13.6 Å². The topological polar surface area (TPSA) is 20.3 Å². The van der Waals surface area contributed by atoms with Gasteiger partial charge in [0.25, 0.3) is 0 Å². The molecule has 184 valence electrons. The van der Waals surface area contributed by atoms with E-state index in [1.807, 2.05) is 7.05 Å². The number of carbonyl (C=O) groups excluding carboxylic acids is 1. The van der Waals surface area contributed by atoms with Crippen LogP contribution in [0.2, 0.25) is 0 Å². The molecule has 2 aromatic rings. The molecule has 1 amide bonds. The summed E-state index contributed by atoms with van der Waals surface area (Å²) in [6.07, 6.45) is 16.8. The lowest BCUT2D eigenvalue weighted by molar-refractivity contribution is -0.124. The van der Waals surface area contributed by atoms with Crippen LogP contribution in [0.1, 0.15) is 92.9 Å². The van der Waals surface area contributed by atoms with Gasteiger partial charge in [0.2, 0.25) is 5.91 Å². The maximum atomic E-state index is 11.5. The normalized spacial score (nSPS) is 17.9. The van der Waals surface area contributed by atoms with Crippen LogP contribution in [0.15, 0.2) is 61.2 Å². The Kier molecular flexibility index (Phi) is 10.9. The van der Waals surface area contributed by atoms with Gasteiger partial charge in [0, 0.05) is 13.6 Å². The van der Waals surface area contributed by atoms with Crippen molar-refractivity contribution in [3.05, 3.63) is 83.4 Å². The molecule has 0 N–H and O–H groups in total. The molecule has 2 heteroatoms. The first kappa shape index (κ1) is 26.3. The average molecular weight is 460 g/mol. The highest BCUT2D eigenvalue weighted by Gasteiger charge is 2.21. The molecule has 0 aliphatic heterocycles. The summed E-state index contributed by atoms with van der Waals surface area (Å²) < 4.78 is 0. The smallest absolute Gasteiger partial charge is 0.245 e. The van der Waals surface area contributed by atoms with Crippen molar-refractivity contribution in [1.82, 2.24) is 4.90 Å². The van der Waals surface area contributed by atoms with E-state index in [1.165, 1.54) is 74.1 Å². The highest BCUT2D eigenvalue weighted by atomic mass is 16.2. The molecule has 1 fully saturated rings. The van der Waals surface area contributed by atoms with Crippen LogP contribution >= 0.6 is 0 Å². The van der Waals surface area contributed by atoms with Crippen molar-refractivity contribution < 1.29 is 4.79 Å². The first-order chi connectivity index (χ1) is 16.6. The first-order valence-electron chi connectivity index (χ1n) is 13.6. The van der Waals surface area contributed by atoms with Crippen LogP contribution in [0.4, 0.5) is 0 Å². The Morgan fingerprint density at radius 2 is 1.41 bits per heavy atom. The largest absolute Gasteiger partial charge is 0.342 e. The Labute approximate surface area is 208 Å². The minimum atomic E-state index is -0.00596. The van der Waals surface area contributed by atoms with E-state index in [1.54, 1.807) is 10.5 Å². The minimum absolute atomic E-state index is 0.00596. The maximum Gasteiger partial charge on any atom is 0.245 e. The van der Waals surface area contributed by atoms with Crippen LogP contribution in [-0.2, 0) is 24.1 Å². The third kappa shape index (κ3) is 8.46. The van der Waals surface area contributed by atoms with Crippen LogP contribution < -0.4 is 0 Å². The Balaban J connectivity index is 1.38. The number of unbranched alkanes of at least 4 members (excludes halogenated alkanes) is 2. The number of carbonyl (C=O) groups is 1. The van der Waals surface area contributed by atoms with Crippen LogP contribution in [0.25, 0.3) is 0 Å². The number of nitrogens with zero attached hydrogens (tertiary/aromatic N) is 1. The quantitative estimate of drug-likeness (QED) is 0.220. The maximum absolute atomic E-state index is 11.5. The average Bonchev–Trinajstić information content (AvgIpc) is 2.88. The van der Waals surface area contributed by atoms with E-state index < -0.39 is 0 Å². The lowest BCUT2D eigenvalue weighted by Crippen LogP contribution is -2.25. The van der Waals surface area contributed by atoms with Gasteiger partial charge in [-0.2, -0.15) is 0 Å². The number of amides is 1. The summed E-state index contributed by atoms with van der Waals surface area (Å²) in [6.45, 7) is 6.61. The molecule has 1 aliphatic rings. The lowest BCUT2D eigenvalue weighted by Gasteiger charge is -2.29. The van der Waals surface area contributed by atoms with E-state index in [-0.39, 0.29) is 5.91 Å². The molecule has 0 aromatic heterocycles. The second kappa shape index (κ2) is 14.1. The first-order valence-corrected chi connectivity index (χ1v) is 13.6. The fourth-order valence-electron chi connectivity index (χ4n) is 5.37. The molecule has 0 bridgehead atoms. The lowest BCUT2D eigenvalue weighted by atomic mass is 9.77. The predicted molar refractivity (Wildman–Crippen MR) is 145 cm³/mol.